The Kier molecular flexibility index (Phi) is 13.9. The molecule has 0 fully saturated rings. The van der Waals surface area contributed by atoms with E-state index in [2.05, 4.69) is 64.1 Å². The molecule has 6 nitrogen and oxygen atoms in total. The highest BCUT2D eigenvalue weighted by molar-refractivity contribution is 14.0. The van der Waals surface area contributed by atoms with Crippen LogP contribution < -0.4 is 10.6 Å². The van der Waals surface area contributed by atoms with Gasteiger partial charge in [-0.2, -0.15) is 5.10 Å². The number of aromatic nitrogens is 2. The second kappa shape index (κ2) is 14.4. The summed E-state index contributed by atoms with van der Waals surface area (Å²) in [5, 5.41) is 11.2. The molecule has 0 aliphatic rings. The molecule has 0 spiro atoms. The molecule has 0 aliphatic heterocycles. The molecule has 1 rings (SSSR count). The number of aryl methyl sites for hydroxylation is 3. The largest absolute Gasteiger partial charge is 0.357 e. The lowest BCUT2D eigenvalue weighted by Gasteiger charge is -2.20. The maximum absolute atomic E-state index is 4.67. The van der Waals surface area contributed by atoms with Crippen LogP contribution in [0, 0.1) is 13.8 Å². The summed E-state index contributed by atoms with van der Waals surface area (Å²) >= 11 is 0. The van der Waals surface area contributed by atoms with Gasteiger partial charge in [0, 0.05) is 38.4 Å². The summed E-state index contributed by atoms with van der Waals surface area (Å²) in [6, 6.07) is 2.12. The predicted molar refractivity (Wildman–Crippen MR) is 118 cm³/mol. The molecule has 7 heteroatoms. The highest BCUT2D eigenvalue weighted by Crippen LogP contribution is 2.02. The Bertz CT molecular complexity index is 486. The number of guanidine groups is 1. The van der Waals surface area contributed by atoms with E-state index in [1.54, 1.807) is 0 Å². The third-order valence-electron chi connectivity index (χ3n) is 3.95. The summed E-state index contributed by atoms with van der Waals surface area (Å²) in [5.74, 6) is 0.915. The lowest BCUT2D eigenvalue weighted by molar-refractivity contribution is 0.293. The number of hydrogen-bond acceptors (Lipinski definition) is 3. The van der Waals surface area contributed by atoms with E-state index in [9.17, 15) is 0 Å². The number of nitrogens with one attached hydrogen (secondary N) is 2. The van der Waals surface area contributed by atoms with E-state index in [4.69, 9.17) is 0 Å². The van der Waals surface area contributed by atoms with Crippen molar-refractivity contribution in [2.24, 2.45) is 4.99 Å². The summed E-state index contributed by atoms with van der Waals surface area (Å²) in [5.41, 5.74) is 2.30. The molecular weight excluding hydrogens is 427 g/mol. The van der Waals surface area contributed by atoms with Crippen LogP contribution in [0.3, 0.4) is 0 Å². The summed E-state index contributed by atoms with van der Waals surface area (Å²) in [7, 11) is 0. The average Bonchev–Trinajstić information content (AvgIpc) is 2.88. The molecule has 1 heterocycles. The Hall–Kier alpha value is -0.830. The summed E-state index contributed by atoms with van der Waals surface area (Å²) in [6.45, 7) is 17.5. The monoisotopic (exact) mass is 464 g/mol. The van der Waals surface area contributed by atoms with Gasteiger partial charge in [-0.3, -0.25) is 9.67 Å². The molecule has 1 aromatic heterocycles. The van der Waals surface area contributed by atoms with E-state index < -0.39 is 0 Å². The van der Waals surface area contributed by atoms with Gasteiger partial charge in [0.2, 0.25) is 0 Å². The van der Waals surface area contributed by atoms with Gasteiger partial charge in [0.25, 0.3) is 0 Å². The first-order valence-corrected chi connectivity index (χ1v) is 9.36. The summed E-state index contributed by atoms with van der Waals surface area (Å²) < 4.78 is 2.06. The topological polar surface area (TPSA) is 57.5 Å². The van der Waals surface area contributed by atoms with Crippen LogP contribution in [0.5, 0.6) is 0 Å². The number of halogens is 1. The lowest BCUT2D eigenvalue weighted by Crippen LogP contribution is -2.41. The van der Waals surface area contributed by atoms with Gasteiger partial charge in [-0.15, -0.1) is 24.0 Å². The van der Waals surface area contributed by atoms with E-state index >= 15 is 0 Å². The first kappa shape index (κ1) is 24.2. The van der Waals surface area contributed by atoms with Crippen LogP contribution in [-0.2, 0) is 6.54 Å². The molecule has 0 bridgehead atoms. The van der Waals surface area contributed by atoms with Gasteiger partial charge < -0.3 is 15.5 Å². The molecule has 0 aliphatic carbocycles. The van der Waals surface area contributed by atoms with Gasteiger partial charge in [0.15, 0.2) is 5.96 Å². The van der Waals surface area contributed by atoms with Gasteiger partial charge in [-0.25, -0.2) is 0 Å². The highest BCUT2D eigenvalue weighted by Gasteiger charge is 2.03. The van der Waals surface area contributed by atoms with Crippen molar-refractivity contribution in [2.75, 3.05) is 39.3 Å². The fourth-order valence-electron chi connectivity index (χ4n) is 2.73. The number of aliphatic imine (C=N–C) groups is 1. The SMILES string of the molecule is CCCN(CC)CCNC(=NCCCn1nc(C)cc1C)NCC.I. The number of rotatable bonds is 11. The minimum Gasteiger partial charge on any atom is -0.357 e. The zero-order valence-corrected chi connectivity index (χ0v) is 19.0. The van der Waals surface area contributed by atoms with Crippen LogP contribution in [0.4, 0.5) is 0 Å². The lowest BCUT2D eigenvalue weighted by atomic mass is 10.4. The molecule has 0 aromatic carbocycles. The zero-order chi connectivity index (χ0) is 17.8. The minimum absolute atomic E-state index is 0. The van der Waals surface area contributed by atoms with Crippen LogP contribution >= 0.6 is 24.0 Å². The van der Waals surface area contributed by atoms with E-state index in [0.29, 0.717) is 0 Å². The second-order valence-electron chi connectivity index (χ2n) is 6.13. The molecule has 2 N–H and O–H groups in total. The van der Waals surface area contributed by atoms with Crippen molar-refractivity contribution in [3.05, 3.63) is 17.5 Å². The van der Waals surface area contributed by atoms with Gasteiger partial charge in [0.05, 0.1) is 5.69 Å². The average molecular weight is 464 g/mol. The Morgan fingerprint density at radius 2 is 1.96 bits per heavy atom. The maximum Gasteiger partial charge on any atom is 0.191 e. The Labute approximate surface area is 170 Å². The zero-order valence-electron chi connectivity index (χ0n) is 16.6. The first-order chi connectivity index (χ1) is 11.6. The van der Waals surface area contributed by atoms with E-state index in [0.717, 1.165) is 63.9 Å². The maximum atomic E-state index is 4.67. The normalized spacial score (nSPS) is 11.5. The molecule has 0 radical (unpaired) electrons. The fraction of sp³-hybridized carbons (Fsp3) is 0.778. The van der Waals surface area contributed by atoms with E-state index in [-0.39, 0.29) is 24.0 Å². The molecule has 0 unspecified atom stereocenters. The molecule has 146 valence electrons. The second-order valence-corrected chi connectivity index (χ2v) is 6.13. The third-order valence-corrected chi connectivity index (χ3v) is 3.95. The smallest absolute Gasteiger partial charge is 0.191 e. The molecule has 0 saturated heterocycles. The van der Waals surface area contributed by atoms with Crippen LogP contribution in [-0.4, -0.2) is 59.9 Å². The van der Waals surface area contributed by atoms with E-state index in [1.807, 2.05) is 6.92 Å². The fourth-order valence-corrected chi connectivity index (χ4v) is 2.73. The van der Waals surface area contributed by atoms with Crippen LogP contribution in [0.25, 0.3) is 0 Å². The standard InChI is InChI=1S/C18H36N6.HI/c1-6-12-23(8-3)14-11-21-18(19-7-2)20-10-9-13-24-17(5)15-16(4)22-24;/h15H,6-14H2,1-5H3,(H2,19,20,21);1H. The number of nitrogens with zero attached hydrogens (tertiary/aromatic N) is 4. The molecule has 25 heavy (non-hydrogen) atoms. The van der Waals surface area contributed by atoms with Crippen molar-refractivity contribution in [2.45, 2.75) is 54.0 Å². The molecule has 0 saturated carbocycles. The molecule has 0 amide bonds. The van der Waals surface area contributed by atoms with Crippen LogP contribution in [0.15, 0.2) is 11.1 Å². The van der Waals surface area contributed by atoms with E-state index in [1.165, 1.54) is 12.1 Å². The van der Waals surface area contributed by atoms with Gasteiger partial charge in [-0.05, 0) is 52.8 Å². The predicted octanol–water partition coefficient (Wildman–Crippen LogP) is 2.80. The summed E-state index contributed by atoms with van der Waals surface area (Å²) in [4.78, 5) is 7.13. The Morgan fingerprint density at radius 3 is 2.52 bits per heavy atom. The summed E-state index contributed by atoms with van der Waals surface area (Å²) in [6.07, 6.45) is 2.20. The minimum atomic E-state index is 0. The third kappa shape index (κ3) is 10.0. The van der Waals surface area contributed by atoms with Crippen molar-refractivity contribution < 1.29 is 0 Å². The van der Waals surface area contributed by atoms with Gasteiger partial charge in [0.1, 0.15) is 0 Å². The van der Waals surface area contributed by atoms with Crippen molar-refractivity contribution >= 4 is 29.9 Å². The quantitative estimate of drug-likeness (QED) is 0.229. The van der Waals surface area contributed by atoms with Crippen molar-refractivity contribution in [3.8, 4) is 0 Å². The molecule has 0 atom stereocenters. The first-order valence-electron chi connectivity index (χ1n) is 9.36. The van der Waals surface area contributed by atoms with Crippen LogP contribution in [0.1, 0.15) is 45.0 Å². The van der Waals surface area contributed by atoms with Gasteiger partial charge >= 0.3 is 0 Å². The molecule has 1 aromatic rings. The Balaban J connectivity index is 0.00000576. The van der Waals surface area contributed by atoms with Crippen LogP contribution in [0.2, 0.25) is 0 Å². The van der Waals surface area contributed by atoms with Gasteiger partial charge in [-0.1, -0.05) is 13.8 Å². The number of likely N-dealkylation sites (N-methyl/N-ethyl adjacent to an activating group) is 1. The Morgan fingerprint density at radius 1 is 1.20 bits per heavy atom. The highest BCUT2D eigenvalue weighted by atomic mass is 127. The number of hydrogen-bond donors (Lipinski definition) is 2. The van der Waals surface area contributed by atoms with Crippen molar-refractivity contribution in [3.63, 3.8) is 0 Å². The van der Waals surface area contributed by atoms with Crippen molar-refractivity contribution in [1.29, 1.82) is 0 Å². The molecular formula is C18H37IN6. The van der Waals surface area contributed by atoms with Crippen molar-refractivity contribution in [1.82, 2.24) is 25.3 Å².